The quantitative estimate of drug-likeness (QED) is 0.556. The number of ether oxygens (including phenoxy) is 3. The number of carbonyl (C=O) groups excluding carboxylic acids is 1. The summed E-state index contributed by atoms with van der Waals surface area (Å²) in [5.74, 6) is -1.63. The summed E-state index contributed by atoms with van der Waals surface area (Å²) in [7, 11) is 1.46. The molecule has 3 heterocycles. The first-order valence-electron chi connectivity index (χ1n) is 12.0. The molecule has 2 aromatic carbocycles. The zero-order chi connectivity index (χ0) is 23.5. The van der Waals surface area contributed by atoms with E-state index in [0.717, 1.165) is 36.1 Å². The van der Waals surface area contributed by atoms with Gasteiger partial charge in [-0.2, -0.15) is 0 Å². The molecule has 34 heavy (non-hydrogen) atoms. The van der Waals surface area contributed by atoms with Crippen LogP contribution in [-0.4, -0.2) is 48.5 Å². The number of allylic oxidation sites excluding steroid dienone is 1. The average molecular weight is 461 g/mol. The molecule has 0 bridgehead atoms. The van der Waals surface area contributed by atoms with Crippen LogP contribution in [0.5, 0.6) is 0 Å². The average Bonchev–Trinajstić information content (AvgIpc) is 3.45. The number of H-pyrrole nitrogens is 1. The van der Waals surface area contributed by atoms with Gasteiger partial charge in [0.15, 0.2) is 5.79 Å². The van der Waals surface area contributed by atoms with Crippen LogP contribution in [0.4, 0.5) is 0 Å². The van der Waals surface area contributed by atoms with Gasteiger partial charge in [-0.05, 0) is 36.7 Å². The van der Waals surface area contributed by atoms with Gasteiger partial charge >= 0.3 is 5.97 Å². The predicted molar refractivity (Wildman–Crippen MR) is 131 cm³/mol. The molecule has 6 nitrogen and oxygen atoms in total. The van der Waals surface area contributed by atoms with E-state index in [0.29, 0.717) is 19.6 Å². The first-order chi connectivity index (χ1) is 16.6. The zero-order valence-corrected chi connectivity index (χ0v) is 19.8. The summed E-state index contributed by atoms with van der Waals surface area (Å²) in [6.07, 6.45) is 5.65. The second kappa shape index (κ2) is 9.65. The van der Waals surface area contributed by atoms with E-state index < -0.39 is 11.7 Å². The summed E-state index contributed by atoms with van der Waals surface area (Å²) in [5, 5.41) is 1.16. The number of nitrogens with zero attached hydrogens (tertiary/aromatic N) is 1. The van der Waals surface area contributed by atoms with E-state index in [-0.39, 0.29) is 11.9 Å². The number of carbonyl (C=O) groups is 1. The van der Waals surface area contributed by atoms with Crippen molar-refractivity contribution in [3.8, 4) is 0 Å². The second-order valence-corrected chi connectivity index (χ2v) is 9.31. The zero-order valence-electron chi connectivity index (χ0n) is 19.8. The van der Waals surface area contributed by atoms with E-state index in [9.17, 15) is 4.79 Å². The Bertz CT molecular complexity index is 1160. The number of aromatic amines is 1. The maximum absolute atomic E-state index is 13.3. The Morgan fingerprint density at radius 3 is 2.62 bits per heavy atom. The molecule has 0 radical (unpaired) electrons. The third-order valence-corrected chi connectivity index (χ3v) is 6.97. The van der Waals surface area contributed by atoms with Gasteiger partial charge in [-0.3, -0.25) is 4.79 Å². The molecule has 1 saturated heterocycles. The lowest BCUT2D eigenvalue weighted by Crippen LogP contribution is -2.33. The Kier molecular flexibility index (Phi) is 6.44. The summed E-state index contributed by atoms with van der Waals surface area (Å²) in [5.41, 5.74) is 4.40. The number of nitrogens with one attached hydrogen (secondary N) is 1. The molecule has 5 rings (SSSR count). The molecule has 2 unspecified atom stereocenters. The summed E-state index contributed by atoms with van der Waals surface area (Å²) < 4.78 is 17.2. The van der Waals surface area contributed by atoms with Crippen molar-refractivity contribution < 1.29 is 19.0 Å². The Labute approximate surface area is 200 Å². The van der Waals surface area contributed by atoms with Gasteiger partial charge < -0.3 is 24.1 Å². The first-order valence-corrected chi connectivity index (χ1v) is 12.0. The van der Waals surface area contributed by atoms with E-state index in [4.69, 9.17) is 14.2 Å². The van der Waals surface area contributed by atoms with E-state index in [1.54, 1.807) is 0 Å². The van der Waals surface area contributed by atoms with Crippen molar-refractivity contribution in [1.29, 1.82) is 0 Å². The molecule has 2 atom stereocenters. The fourth-order valence-corrected chi connectivity index (χ4v) is 5.30. The summed E-state index contributed by atoms with van der Waals surface area (Å²) in [4.78, 5) is 19.2. The number of esters is 1. The van der Waals surface area contributed by atoms with Crippen molar-refractivity contribution in [1.82, 2.24) is 9.88 Å². The second-order valence-electron chi connectivity index (χ2n) is 9.31. The summed E-state index contributed by atoms with van der Waals surface area (Å²) in [6, 6.07) is 18.7. The number of para-hydroxylation sites is 1. The largest absolute Gasteiger partial charge is 0.468 e. The molecular weight excluding hydrogens is 428 g/mol. The highest BCUT2D eigenvalue weighted by Gasteiger charge is 2.41. The van der Waals surface area contributed by atoms with Gasteiger partial charge in [0.2, 0.25) is 0 Å². The summed E-state index contributed by atoms with van der Waals surface area (Å²) >= 11 is 0. The Morgan fingerprint density at radius 2 is 1.85 bits per heavy atom. The molecular formula is C28H32N2O4. The topological polar surface area (TPSA) is 63.8 Å². The van der Waals surface area contributed by atoms with Gasteiger partial charge in [0.25, 0.3) is 0 Å². The predicted octanol–water partition coefficient (Wildman–Crippen LogP) is 4.77. The minimum atomic E-state index is -0.730. The smallest absolute Gasteiger partial charge is 0.315 e. The molecule has 0 saturated carbocycles. The molecule has 1 N–H and O–H groups in total. The fraction of sp³-hybridized carbons (Fsp3) is 0.393. The lowest BCUT2D eigenvalue weighted by Gasteiger charge is -2.30. The third kappa shape index (κ3) is 4.61. The number of aromatic nitrogens is 1. The monoisotopic (exact) mass is 460 g/mol. The van der Waals surface area contributed by atoms with Crippen LogP contribution in [0.1, 0.15) is 36.1 Å². The highest BCUT2D eigenvalue weighted by Crippen LogP contribution is 2.40. The van der Waals surface area contributed by atoms with Gasteiger partial charge in [-0.1, -0.05) is 54.6 Å². The molecule has 1 fully saturated rings. The van der Waals surface area contributed by atoms with Crippen LogP contribution in [0.25, 0.3) is 10.9 Å². The highest BCUT2D eigenvalue weighted by atomic mass is 16.7. The number of methoxy groups -OCH3 is 1. The number of fused-ring (bicyclic) bond motifs is 3. The molecule has 0 amide bonds. The van der Waals surface area contributed by atoms with Crippen LogP contribution >= 0.6 is 0 Å². The first kappa shape index (κ1) is 22.7. The SMILES string of the molecule is COC(=O)C1c2[nH]c3ccccc3c2CCN(Cc2ccccc2)/C=C/C1CC1(C)OCCO1. The van der Waals surface area contributed by atoms with Gasteiger partial charge in [-0.15, -0.1) is 0 Å². The Balaban J connectivity index is 1.59. The van der Waals surface area contributed by atoms with Crippen LogP contribution in [0.15, 0.2) is 66.9 Å². The Morgan fingerprint density at radius 1 is 1.12 bits per heavy atom. The van der Waals surface area contributed by atoms with Crippen LogP contribution in [0.2, 0.25) is 0 Å². The van der Waals surface area contributed by atoms with Crippen LogP contribution in [-0.2, 0) is 32.0 Å². The molecule has 2 aliphatic rings. The normalized spacial score (nSPS) is 23.1. The minimum Gasteiger partial charge on any atom is -0.468 e. The molecule has 1 aromatic heterocycles. The van der Waals surface area contributed by atoms with E-state index in [1.807, 2.05) is 19.1 Å². The molecule has 0 aliphatic carbocycles. The lowest BCUT2D eigenvalue weighted by atomic mass is 9.82. The van der Waals surface area contributed by atoms with Crippen molar-refractivity contribution >= 4 is 16.9 Å². The van der Waals surface area contributed by atoms with Crippen molar-refractivity contribution in [2.75, 3.05) is 26.9 Å². The van der Waals surface area contributed by atoms with Gasteiger partial charge in [0.1, 0.15) is 5.92 Å². The van der Waals surface area contributed by atoms with Crippen molar-refractivity contribution in [3.63, 3.8) is 0 Å². The molecule has 0 spiro atoms. The number of hydrogen-bond donors (Lipinski definition) is 1. The van der Waals surface area contributed by atoms with Crippen molar-refractivity contribution in [2.45, 2.75) is 38.0 Å². The number of benzene rings is 2. The van der Waals surface area contributed by atoms with E-state index >= 15 is 0 Å². The third-order valence-electron chi connectivity index (χ3n) is 6.97. The molecule has 178 valence electrons. The number of hydrogen-bond acceptors (Lipinski definition) is 5. The minimum absolute atomic E-state index is 0.168. The lowest BCUT2D eigenvalue weighted by molar-refractivity contribution is -0.158. The van der Waals surface area contributed by atoms with E-state index in [1.165, 1.54) is 18.2 Å². The molecule has 6 heteroatoms. The summed E-state index contributed by atoms with van der Waals surface area (Å²) in [6.45, 7) is 4.73. The van der Waals surface area contributed by atoms with Crippen LogP contribution < -0.4 is 0 Å². The van der Waals surface area contributed by atoms with Gasteiger partial charge in [-0.25, -0.2) is 0 Å². The maximum Gasteiger partial charge on any atom is 0.315 e. The van der Waals surface area contributed by atoms with Crippen molar-refractivity contribution in [3.05, 3.63) is 83.7 Å². The van der Waals surface area contributed by atoms with Crippen LogP contribution in [0, 0.1) is 5.92 Å². The molecule has 3 aromatic rings. The standard InChI is InChI=1S/C28H32N2O4/c1-28(33-16-17-34-28)18-21-12-14-30(19-20-8-4-3-5-9-20)15-13-23-22-10-6-7-11-24(22)29-26(23)25(21)27(31)32-2/h3-12,14,21,25,29H,13,15-19H2,1-2H3/b14-12+. The van der Waals surface area contributed by atoms with E-state index in [2.05, 4.69) is 64.6 Å². The fourth-order valence-electron chi connectivity index (χ4n) is 5.30. The van der Waals surface area contributed by atoms with Gasteiger partial charge in [0.05, 0.1) is 20.3 Å². The molecule has 2 aliphatic heterocycles. The van der Waals surface area contributed by atoms with Crippen LogP contribution in [0.3, 0.4) is 0 Å². The number of rotatable bonds is 5. The van der Waals surface area contributed by atoms with Crippen molar-refractivity contribution in [2.24, 2.45) is 5.92 Å². The maximum atomic E-state index is 13.3. The van der Waals surface area contributed by atoms with Gasteiger partial charge in [0, 0.05) is 42.0 Å². The highest BCUT2D eigenvalue weighted by molar-refractivity contribution is 5.88. The Hall–Kier alpha value is -3.09.